The summed E-state index contributed by atoms with van der Waals surface area (Å²) in [7, 11) is 2.07. The number of benzene rings is 2. The molecule has 1 amide bonds. The number of amides is 1. The first-order valence-corrected chi connectivity index (χ1v) is 16.8. The summed E-state index contributed by atoms with van der Waals surface area (Å²) in [4.78, 5) is 23.0. The van der Waals surface area contributed by atoms with Gasteiger partial charge in [0.15, 0.2) is 0 Å². The quantitative estimate of drug-likeness (QED) is 0.141. The molecule has 1 saturated carbocycles. The maximum atomic E-state index is 14.1. The first-order chi connectivity index (χ1) is 22.1. The van der Waals surface area contributed by atoms with Gasteiger partial charge in [-0.15, -0.1) is 0 Å². The second-order valence-corrected chi connectivity index (χ2v) is 12.0. The molecule has 3 aromatic rings. The second kappa shape index (κ2) is 16.5. The van der Waals surface area contributed by atoms with Crippen molar-refractivity contribution in [2.24, 2.45) is 0 Å². The van der Waals surface area contributed by atoms with Crippen molar-refractivity contribution in [1.29, 1.82) is 0 Å². The number of hydrogen-bond donors (Lipinski definition) is 3. The van der Waals surface area contributed by atoms with Gasteiger partial charge >= 0.3 is 6.18 Å². The van der Waals surface area contributed by atoms with Crippen LogP contribution >= 0.6 is 8.81 Å². The number of alkyl halides is 3. The molecule has 3 N–H and O–H groups in total. The minimum Gasteiger partial charge on any atom is -0.397 e. The van der Waals surface area contributed by atoms with Crippen molar-refractivity contribution in [2.75, 3.05) is 37.5 Å². The number of rotatable bonds is 11. The van der Waals surface area contributed by atoms with Gasteiger partial charge in [-0.1, -0.05) is 18.2 Å². The van der Waals surface area contributed by atoms with Gasteiger partial charge in [-0.2, -0.15) is 18.2 Å². The Morgan fingerprint density at radius 2 is 1.72 bits per heavy atom. The van der Waals surface area contributed by atoms with Gasteiger partial charge < -0.3 is 29.9 Å². The molecule has 0 saturated heterocycles. The summed E-state index contributed by atoms with van der Waals surface area (Å²) in [5, 5.41) is 13.4. The number of aliphatic hydroxyl groups excluding tert-OH is 1. The summed E-state index contributed by atoms with van der Waals surface area (Å²) >= 11 is 0. The van der Waals surface area contributed by atoms with Gasteiger partial charge in [0, 0.05) is 60.3 Å². The predicted octanol–water partition coefficient (Wildman–Crippen LogP) is 7.76. The van der Waals surface area contributed by atoms with E-state index in [0.717, 1.165) is 54.7 Å². The van der Waals surface area contributed by atoms with Crippen LogP contribution in [0.3, 0.4) is 0 Å². The van der Waals surface area contributed by atoms with E-state index in [4.69, 9.17) is 14.4 Å². The molecule has 5 rings (SSSR count). The summed E-state index contributed by atoms with van der Waals surface area (Å²) in [6, 6.07) is 11.1. The number of aromatic nitrogens is 2. The largest absolute Gasteiger partial charge is 0.421 e. The summed E-state index contributed by atoms with van der Waals surface area (Å²) < 4.78 is 53.4. The number of nitrogens with one attached hydrogen (secondary N) is 2. The first kappa shape index (κ1) is 35.5. The minimum absolute atomic E-state index is 0.00205. The van der Waals surface area contributed by atoms with Crippen molar-refractivity contribution in [3.05, 3.63) is 70.4 Å². The summed E-state index contributed by atoms with van der Waals surface area (Å²) in [5.41, 5.74) is 3.35. The van der Waals surface area contributed by atoms with Gasteiger partial charge in [0.1, 0.15) is 11.4 Å². The Hall–Kier alpha value is -3.31. The Labute approximate surface area is 270 Å². The molecule has 1 aliphatic carbocycles. The Balaban J connectivity index is 0.00000154. The number of fused-ring (bicyclic) bond motifs is 1. The lowest BCUT2D eigenvalue weighted by Gasteiger charge is -2.30. The van der Waals surface area contributed by atoms with E-state index in [-0.39, 0.29) is 30.5 Å². The highest BCUT2D eigenvalue weighted by molar-refractivity contribution is 7.31. The van der Waals surface area contributed by atoms with E-state index in [9.17, 15) is 18.0 Å². The fourth-order valence-corrected chi connectivity index (χ4v) is 6.49. The standard InChI is InChI=1S/C31H37F3N5O3P.C2H6O/c1-4-41-22-12-8-20(9-13-22)23-14-15-26(27-24(23)17-39(3)29(27)40)37-28-25(31(32,33)34)16-35-30(38-28)36-21-10-6-19(7-11-21)18-43-42-5-2;1-2-3/h6-7,10-11,14-16,20,22,43H,4-5,8-9,12-13,17-18H2,1-3H3,(H2,35,36,37,38);3H,2H2,1H3. The van der Waals surface area contributed by atoms with E-state index in [1.54, 1.807) is 24.9 Å². The van der Waals surface area contributed by atoms with Crippen LogP contribution in [-0.4, -0.2) is 58.9 Å². The van der Waals surface area contributed by atoms with E-state index >= 15 is 0 Å². The van der Waals surface area contributed by atoms with Gasteiger partial charge in [-0.05, 0) is 87.3 Å². The molecule has 250 valence electrons. The van der Waals surface area contributed by atoms with Gasteiger partial charge in [0.05, 0.1) is 17.4 Å². The number of ether oxygens (including phenoxy) is 1. The number of hydrogen-bond acceptors (Lipinski definition) is 8. The van der Waals surface area contributed by atoms with Gasteiger partial charge in [0.25, 0.3) is 5.91 Å². The molecule has 1 aliphatic heterocycles. The highest BCUT2D eigenvalue weighted by Crippen LogP contribution is 2.42. The lowest BCUT2D eigenvalue weighted by atomic mass is 9.80. The van der Waals surface area contributed by atoms with Crippen LogP contribution in [0.15, 0.2) is 42.6 Å². The van der Waals surface area contributed by atoms with E-state index in [0.29, 0.717) is 45.5 Å². The Morgan fingerprint density at radius 1 is 1.02 bits per heavy atom. The molecule has 9 nitrogen and oxygen atoms in total. The van der Waals surface area contributed by atoms with Crippen molar-refractivity contribution in [1.82, 2.24) is 14.9 Å². The number of aliphatic hydroxyl groups is 1. The number of carbonyl (C=O) groups excluding carboxylic acids is 1. The molecule has 0 spiro atoms. The molecule has 46 heavy (non-hydrogen) atoms. The second-order valence-electron chi connectivity index (χ2n) is 11.1. The molecule has 2 aliphatic rings. The van der Waals surface area contributed by atoms with Gasteiger partial charge in [-0.25, -0.2) is 4.98 Å². The van der Waals surface area contributed by atoms with Crippen LogP contribution in [0, 0.1) is 0 Å². The van der Waals surface area contributed by atoms with Crippen LogP contribution < -0.4 is 10.6 Å². The molecule has 1 aromatic heterocycles. The third-order valence-electron chi connectivity index (χ3n) is 7.90. The van der Waals surface area contributed by atoms with E-state index in [1.165, 1.54) is 0 Å². The summed E-state index contributed by atoms with van der Waals surface area (Å²) in [6.07, 6.45) is 0.855. The average Bonchev–Trinajstić information content (AvgIpc) is 3.33. The predicted molar refractivity (Wildman–Crippen MR) is 175 cm³/mol. The van der Waals surface area contributed by atoms with E-state index < -0.39 is 17.6 Å². The lowest BCUT2D eigenvalue weighted by Crippen LogP contribution is -2.21. The van der Waals surface area contributed by atoms with Gasteiger partial charge in [0.2, 0.25) is 5.95 Å². The number of carbonyl (C=O) groups is 1. The van der Waals surface area contributed by atoms with Crippen LogP contribution in [0.2, 0.25) is 0 Å². The van der Waals surface area contributed by atoms with E-state index in [2.05, 4.69) is 20.6 Å². The van der Waals surface area contributed by atoms with Crippen molar-refractivity contribution in [2.45, 2.75) is 77.4 Å². The molecule has 1 unspecified atom stereocenters. The first-order valence-electron chi connectivity index (χ1n) is 15.6. The SMILES string of the molecule is CCO.CCOPCc1ccc(Nc2ncc(C(F)(F)F)c(Nc3ccc(C4CCC(OCC)CC4)c4c3C(=O)N(C)C4)n2)cc1. The average molecular weight is 662 g/mol. The van der Waals surface area contributed by atoms with Crippen LogP contribution in [0.5, 0.6) is 0 Å². The number of nitrogens with zero attached hydrogens (tertiary/aromatic N) is 3. The Kier molecular flexibility index (Phi) is 12.7. The number of anilines is 4. The topological polar surface area (TPSA) is 109 Å². The molecular formula is C33H43F3N5O4P. The van der Waals surface area contributed by atoms with Crippen molar-refractivity contribution in [3.8, 4) is 0 Å². The third kappa shape index (κ3) is 8.94. The molecule has 1 atom stereocenters. The molecule has 1 fully saturated rings. The maximum Gasteiger partial charge on any atom is 0.421 e. The molecule has 13 heteroatoms. The monoisotopic (exact) mass is 661 g/mol. The van der Waals surface area contributed by atoms with E-state index in [1.807, 2.05) is 44.2 Å². The van der Waals surface area contributed by atoms with Crippen molar-refractivity contribution < 1.29 is 32.3 Å². The van der Waals surface area contributed by atoms with Crippen molar-refractivity contribution in [3.63, 3.8) is 0 Å². The van der Waals surface area contributed by atoms with Crippen molar-refractivity contribution >= 4 is 37.9 Å². The highest BCUT2D eigenvalue weighted by Gasteiger charge is 2.37. The van der Waals surface area contributed by atoms with Crippen LogP contribution in [0.4, 0.5) is 36.3 Å². The zero-order valence-corrected chi connectivity index (χ0v) is 27.7. The summed E-state index contributed by atoms with van der Waals surface area (Å²) in [5.74, 6) is -0.380. The fourth-order valence-electron chi connectivity index (χ4n) is 5.79. The highest BCUT2D eigenvalue weighted by atomic mass is 31.1. The van der Waals surface area contributed by atoms with Crippen LogP contribution in [-0.2, 0) is 28.1 Å². The van der Waals surface area contributed by atoms with Gasteiger partial charge in [-0.3, -0.25) is 4.79 Å². The molecule has 2 aromatic carbocycles. The zero-order valence-electron chi connectivity index (χ0n) is 26.7. The zero-order chi connectivity index (χ0) is 33.3. The summed E-state index contributed by atoms with van der Waals surface area (Å²) in [6.45, 7) is 7.63. The molecule has 0 radical (unpaired) electrons. The lowest BCUT2D eigenvalue weighted by molar-refractivity contribution is -0.137. The number of halogens is 3. The molecule has 0 bridgehead atoms. The van der Waals surface area contributed by atoms with Crippen LogP contribution in [0.25, 0.3) is 0 Å². The Bertz CT molecular complexity index is 1450. The van der Waals surface area contributed by atoms with Crippen LogP contribution in [0.1, 0.15) is 85.0 Å². The maximum absolute atomic E-state index is 14.1. The Morgan fingerprint density at radius 3 is 2.35 bits per heavy atom. The normalized spacial score (nSPS) is 18.0. The minimum atomic E-state index is -4.70. The molecular weight excluding hydrogens is 618 g/mol. The fraction of sp³-hybridized carbons (Fsp3) is 0.485. The smallest absolute Gasteiger partial charge is 0.397 e. The third-order valence-corrected chi connectivity index (χ3v) is 8.95. The molecule has 2 heterocycles.